The lowest BCUT2D eigenvalue weighted by molar-refractivity contribution is 0.787. The molecule has 0 bridgehead atoms. The van der Waals surface area contributed by atoms with E-state index in [0.717, 1.165) is 11.1 Å². The topological polar surface area (TPSA) is 22.0 Å². The van der Waals surface area contributed by atoms with Crippen molar-refractivity contribution in [2.24, 2.45) is 0 Å². The van der Waals surface area contributed by atoms with Crippen LogP contribution in [0.2, 0.25) is 0 Å². The van der Waals surface area contributed by atoms with E-state index >= 15 is 0 Å². The van der Waals surface area contributed by atoms with E-state index in [1.54, 1.807) is 10.8 Å². The first-order chi connectivity index (χ1) is 8.27. The van der Waals surface area contributed by atoms with E-state index in [0.29, 0.717) is 6.54 Å². The smallest absolute Gasteiger partial charge is 0.254 e. The Hall–Kier alpha value is -2.27. The minimum atomic E-state index is 0.0230. The lowest BCUT2D eigenvalue weighted by Crippen LogP contribution is -2.20. The molecule has 0 radical (unpaired) electrons. The van der Waals surface area contributed by atoms with E-state index in [2.05, 4.69) is 11.8 Å². The number of hydrogen-bond donors (Lipinski definition) is 0. The number of nitrogens with zero attached hydrogens (tertiary/aromatic N) is 1. The van der Waals surface area contributed by atoms with Gasteiger partial charge in [-0.25, -0.2) is 0 Å². The summed E-state index contributed by atoms with van der Waals surface area (Å²) in [4.78, 5) is 11.7. The molecule has 17 heavy (non-hydrogen) atoms. The predicted octanol–water partition coefficient (Wildman–Crippen LogP) is 2.21. The third-order valence-electron chi connectivity index (χ3n) is 2.47. The van der Waals surface area contributed by atoms with E-state index in [1.165, 1.54) is 0 Å². The highest BCUT2D eigenvalue weighted by Crippen LogP contribution is 1.95. The number of hydrogen-bond acceptors (Lipinski definition) is 1. The maximum Gasteiger partial charge on any atom is 0.254 e. The SMILES string of the molecule is Cc1cccn(CC#Cc2ccccc2)c1=O. The third-order valence-corrected chi connectivity index (χ3v) is 2.47. The van der Waals surface area contributed by atoms with Crippen LogP contribution in [0.5, 0.6) is 0 Å². The van der Waals surface area contributed by atoms with Crippen LogP contribution in [0.1, 0.15) is 11.1 Å². The average Bonchev–Trinajstić information content (AvgIpc) is 2.36. The second-order valence-corrected chi connectivity index (χ2v) is 3.79. The minimum absolute atomic E-state index is 0.0230. The minimum Gasteiger partial charge on any atom is -0.304 e. The van der Waals surface area contributed by atoms with Gasteiger partial charge in [0.1, 0.15) is 0 Å². The van der Waals surface area contributed by atoms with Gasteiger partial charge in [0.15, 0.2) is 0 Å². The van der Waals surface area contributed by atoms with E-state index < -0.39 is 0 Å². The molecule has 2 rings (SSSR count). The van der Waals surface area contributed by atoms with Crippen molar-refractivity contribution in [3.63, 3.8) is 0 Å². The summed E-state index contributed by atoms with van der Waals surface area (Å²) in [6.07, 6.45) is 1.76. The number of rotatable bonds is 1. The van der Waals surface area contributed by atoms with Crippen LogP contribution in [0.4, 0.5) is 0 Å². The highest BCUT2D eigenvalue weighted by molar-refractivity contribution is 5.33. The van der Waals surface area contributed by atoms with Crippen molar-refractivity contribution >= 4 is 0 Å². The Bertz CT molecular complexity index is 615. The van der Waals surface area contributed by atoms with Crippen LogP contribution in [-0.4, -0.2) is 4.57 Å². The summed E-state index contributed by atoms with van der Waals surface area (Å²) in [6, 6.07) is 13.4. The quantitative estimate of drug-likeness (QED) is 0.679. The summed E-state index contributed by atoms with van der Waals surface area (Å²) in [5.74, 6) is 6.03. The van der Waals surface area contributed by atoms with Gasteiger partial charge in [0.2, 0.25) is 0 Å². The molecular formula is C15H13NO. The first-order valence-corrected chi connectivity index (χ1v) is 5.47. The Labute approximate surface area is 101 Å². The summed E-state index contributed by atoms with van der Waals surface area (Å²) in [7, 11) is 0. The summed E-state index contributed by atoms with van der Waals surface area (Å²) in [5.41, 5.74) is 1.73. The second-order valence-electron chi connectivity index (χ2n) is 3.79. The summed E-state index contributed by atoms with van der Waals surface area (Å²) in [5, 5.41) is 0. The van der Waals surface area contributed by atoms with Gasteiger partial charge >= 0.3 is 0 Å². The van der Waals surface area contributed by atoms with Crippen LogP contribution in [0.25, 0.3) is 0 Å². The van der Waals surface area contributed by atoms with E-state index in [1.807, 2.05) is 49.4 Å². The maximum atomic E-state index is 11.7. The van der Waals surface area contributed by atoms with E-state index in [-0.39, 0.29) is 5.56 Å². The zero-order chi connectivity index (χ0) is 12.1. The van der Waals surface area contributed by atoms with Crippen LogP contribution < -0.4 is 5.56 Å². The van der Waals surface area contributed by atoms with Crippen molar-refractivity contribution in [1.82, 2.24) is 4.57 Å². The molecule has 0 amide bonds. The third kappa shape index (κ3) is 2.85. The number of aromatic nitrogens is 1. The molecule has 2 aromatic rings. The van der Waals surface area contributed by atoms with Gasteiger partial charge in [-0.2, -0.15) is 0 Å². The highest BCUT2D eigenvalue weighted by atomic mass is 16.1. The van der Waals surface area contributed by atoms with Gasteiger partial charge in [-0.1, -0.05) is 36.1 Å². The molecule has 1 heterocycles. The Morgan fingerprint density at radius 1 is 1.12 bits per heavy atom. The summed E-state index contributed by atoms with van der Waals surface area (Å²) < 4.78 is 1.62. The van der Waals surface area contributed by atoms with Crippen LogP contribution in [-0.2, 0) is 6.54 Å². The zero-order valence-corrected chi connectivity index (χ0v) is 9.68. The predicted molar refractivity (Wildman–Crippen MR) is 68.8 cm³/mol. The standard InChI is InChI=1S/C15H13NO/c1-13-7-5-11-16(15(13)17)12-6-10-14-8-3-2-4-9-14/h2-5,7-9,11H,12H2,1H3. The van der Waals surface area contributed by atoms with Crippen LogP contribution in [0.15, 0.2) is 53.5 Å². The maximum absolute atomic E-state index is 11.7. The Balaban J connectivity index is 2.16. The van der Waals surface area contributed by atoms with Gasteiger partial charge in [0.05, 0.1) is 6.54 Å². The summed E-state index contributed by atoms with van der Waals surface area (Å²) >= 11 is 0. The number of aryl methyl sites for hydroxylation is 1. The van der Waals surface area contributed by atoms with Crippen LogP contribution in [0.3, 0.4) is 0 Å². The van der Waals surface area contributed by atoms with E-state index in [9.17, 15) is 4.79 Å². The fourth-order valence-electron chi connectivity index (χ4n) is 1.53. The second kappa shape index (κ2) is 5.18. The molecule has 0 aliphatic rings. The largest absolute Gasteiger partial charge is 0.304 e. The molecule has 0 spiro atoms. The van der Waals surface area contributed by atoms with Crippen molar-refractivity contribution < 1.29 is 0 Å². The molecule has 0 N–H and O–H groups in total. The Morgan fingerprint density at radius 3 is 2.65 bits per heavy atom. The zero-order valence-electron chi connectivity index (χ0n) is 9.68. The molecule has 0 atom stereocenters. The number of pyridine rings is 1. The van der Waals surface area contributed by atoms with E-state index in [4.69, 9.17) is 0 Å². The molecular weight excluding hydrogens is 210 g/mol. The van der Waals surface area contributed by atoms with Gasteiger partial charge in [-0.3, -0.25) is 4.79 Å². The molecule has 0 fully saturated rings. The lowest BCUT2D eigenvalue weighted by Gasteiger charge is -2.00. The van der Waals surface area contributed by atoms with Gasteiger partial charge in [-0.05, 0) is 25.1 Å². The first kappa shape index (κ1) is 11.2. The normalized spacial score (nSPS) is 9.47. The number of benzene rings is 1. The molecule has 0 aliphatic heterocycles. The average molecular weight is 223 g/mol. The van der Waals surface area contributed by atoms with Crippen molar-refractivity contribution in [3.8, 4) is 11.8 Å². The monoisotopic (exact) mass is 223 g/mol. The van der Waals surface area contributed by atoms with Crippen molar-refractivity contribution in [2.75, 3.05) is 0 Å². The summed E-state index contributed by atoms with van der Waals surface area (Å²) in [6.45, 7) is 2.23. The molecule has 1 aromatic carbocycles. The van der Waals surface area contributed by atoms with Crippen LogP contribution in [0, 0.1) is 18.8 Å². The molecule has 0 saturated heterocycles. The molecule has 84 valence electrons. The Morgan fingerprint density at radius 2 is 1.88 bits per heavy atom. The van der Waals surface area contributed by atoms with Gasteiger partial charge in [0, 0.05) is 17.3 Å². The fourth-order valence-corrected chi connectivity index (χ4v) is 1.53. The fraction of sp³-hybridized carbons (Fsp3) is 0.133. The molecule has 2 nitrogen and oxygen atoms in total. The van der Waals surface area contributed by atoms with Crippen LogP contribution >= 0.6 is 0 Å². The highest BCUT2D eigenvalue weighted by Gasteiger charge is 1.95. The van der Waals surface area contributed by atoms with Crippen molar-refractivity contribution in [1.29, 1.82) is 0 Å². The lowest BCUT2D eigenvalue weighted by atomic mass is 10.2. The van der Waals surface area contributed by atoms with Gasteiger partial charge < -0.3 is 4.57 Å². The van der Waals surface area contributed by atoms with Crippen molar-refractivity contribution in [2.45, 2.75) is 13.5 Å². The van der Waals surface area contributed by atoms with Gasteiger partial charge in [-0.15, -0.1) is 0 Å². The molecule has 1 aromatic heterocycles. The van der Waals surface area contributed by atoms with Gasteiger partial charge in [0.25, 0.3) is 5.56 Å². The molecule has 0 saturated carbocycles. The molecule has 2 heteroatoms. The molecule has 0 unspecified atom stereocenters. The van der Waals surface area contributed by atoms with Crippen molar-refractivity contribution in [3.05, 3.63) is 70.1 Å². The first-order valence-electron chi connectivity index (χ1n) is 5.47. The Kier molecular flexibility index (Phi) is 3.42. The molecule has 0 aliphatic carbocycles.